The van der Waals surface area contributed by atoms with Crippen molar-refractivity contribution in [2.75, 3.05) is 0 Å². The van der Waals surface area contributed by atoms with Crippen LogP contribution in [0.15, 0.2) is 66.7 Å². The number of amides is 1. The molecule has 1 amide bonds. The number of benzene rings is 3. The lowest BCUT2D eigenvalue weighted by Crippen LogP contribution is -2.23. The third-order valence-corrected chi connectivity index (χ3v) is 4.16. The van der Waals surface area contributed by atoms with Gasteiger partial charge in [0.05, 0.1) is 12.7 Å². The highest BCUT2D eigenvalue weighted by atomic mass is 16.5. The number of hydrogen-bond donors (Lipinski definition) is 1. The van der Waals surface area contributed by atoms with Crippen LogP contribution in [0.5, 0.6) is 0 Å². The van der Waals surface area contributed by atoms with Crippen LogP contribution in [0.2, 0.25) is 0 Å². The van der Waals surface area contributed by atoms with E-state index >= 15 is 0 Å². The fraction of sp³-hybridized carbons (Fsp3) is 0.227. The lowest BCUT2D eigenvalue weighted by atomic mass is 10.0. The average molecular weight is 333 g/mol. The zero-order chi connectivity index (χ0) is 17.6. The van der Waals surface area contributed by atoms with E-state index in [2.05, 4.69) is 5.32 Å². The molecule has 0 unspecified atom stereocenters. The van der Waals surface area contributed by atoms with Gasteiger partial charge in [-0.05, 0) is 41.8 Å². The van der Waals surface area contributed by atoms with Gasteiger partial charge >= 0.3 is 0 Å². The quantitative estimate of drug-likeness (QED) is 0.710. The normalized spacial score (nSPS) is 11.0. The Balaban J connectivity index is 1.74. The van der Waals surface area contributed by atoms with E-state index in [0.29, 0.717) is 18.7 Å². The topological polar surface area (TPSA) is 38.3 Å². The van der Waals surface area contributed by atoms with E-state index < -0.39 is 0 Å². The first-order valence-electron chi connectivity index (χ1n) is 8.59. The largest absolute Gasteiger partial charge is 0.374 e. The van der Waals surface area contributed by atoms with Gasteiger partial charge in [-0.2, -0.15) is 0 Å². The zero-order valence-corrected chi connectivity index (χ0v) is 14.7. The molecule has 3 nitrogen and oxygen atoms in total. The Hall–Kier alpha value is -2.65. The van der Waals surface area contributed by atoms with Gasteiger partial charge in [-0.15, -0.1) is 0 Å². The van der Waals surface area contributed by atoms with Crippen molar-refractivity contribution in [2.45, 2.75) is 33.1 Å². The summed E-state index contributed by atoms with van der Waals surface area (Å²) in [5.74, 6) is -0.0589. The van der Waals surface area contributed by atoms with E-state index in [0.717, 1.165) is 21.9 Å². The molecule has 1 N–H and O–H groups in total. The molecule has 0 spiro atoms. The van der Waals surface area contributed by atoms with Gasteiger partial charge in [0.1, 0.15) is 0 Å². The number of hydrogen-bond acceptors (Lipinski definition) is 2. The molecule has 25 heavy (non-hydrogen) atoms. The Morgan fingerprint density at radius 3 is 2.40 bits per heavy atom. The minimum Gasteiger partial charge on any atom is -0.374 e. The van der Waals surface area contributed by atoms with Gasteiger partial charge in [0.2, 0.25) is 0 Å². The van der Waals surface area contributed by atoms with Gasteiger partial charge in [0.15, 0.2) is 0 Å². The van der Waals surface area contributed by atoms with Crippen molar-refractivity contribution < 1.29 is 9.53 Å². The molecule has 0 heterocycles. The smallest absolute Gasteiger partial charge is 0.252 e. The van der Waals surface area contributed by atoms with Gasteiger partial charge in [-0.1, -0.05) is 60.7 Å². The molecule has 0 fully saturated rings. The maximum atomic E-state index is 12.7. The van der Waals surface area contributed by atoms with E-state index in [1.807, 2.05) is 80.6 Å². The van der Waals surface area contributed by atoms with Gasteiger partial charge in [0.25, 0.3) is 5.91 Å². The van der Waals surface area contributed by atoms with Crippen molar-refractivity contribution in [1.29, 1.82) is 0 Å². The molecule has 0 radical (unpaired) electrons. The Labute approximate surface area is 148 Å². The summed E-state index contributed by atoms with van der Waals surface area (Å²) in [5, 5.41) is 5.08. The number of nitrogens with one attached hydrogen (secondary N) is 1. The highest BCUT2D eigenvalue weighted by Gasteiger charge is 2.10. The maximum absolute atomic E-state index is 12.7. The van der Waals surface area contributed by atoms with E-state index in [1.54, 1.807) is 0 Å². The molecule has 128 valence electrons. The highest BCUT2D eigenvalue weighted by molar-refractivity contribution is 6.06. The minimum atomic E-state index is -0.0589. The summed E-state index contributed by atoms with van der Waals surface area (Å²) in [6.45, 7) is 5.08. The fourth-order valence-corrected chi connectivity index (χ4v) is 2.82. The molecule has 0 aromatic heterocycles. The van der Waals surface area contributed by atoms with Crippen LogP contribution in [0.1, 0.15) is 35.3 Å². The molecule has 0 aliphatic heterocycles. The molecule has 0 saturated carbocycles. The number of carbonyl (C=O) groups excluding carboxylic acids is 1. The van der Waals surface area contributed by atoms with E-state index in [4.69, 9.17) is 4.74 Å². The summed E-state index contributed by atoms with van der Waals surface area (Å²) in [6.07, 6.45) is 0.179. The molecule has 0 saturated heterocycles. The zero-order valence-electron chi connectivity index (χ0n) is 14.7. The summed E-state index contributed by atoms with van der Waals surface area (Å²) in [7, 11) is 0. The van der Waals surface area contributed by atoms with Crippen molar-refractivity contribution in [3.63, 3.8) is 0 Å². The standard InChI is InChI=1S/C22H23NO2/c1-16(2)25-15-19-10-4-3-9-18(19)14-23-22(24)21-13-7-11-17-8-5-6-12-20(17)21/h3-13,16H,14-15H2,1-2H3,(H,23,24). The van der Waals surface area contributed by atoms with Gasteiger partial charge < -0.3 is 10.1 Å². The Morgan fingerprint density at radius 2 is 1.60 bits per heavy atom. The Bertz CT molecular complexity index is 865. The number of fused-ring (bicyclic) bond motifs is 1. The molecule has 3 aromatic rings. The van der Waals surface area contributed by atoms with Crippen LogP contribution < -0.4 is 5.32 Å². The molecular weight excluding hydrogens is 310 g/mol. The molecule has 3 heteroatoms. The highest BCUT2D eigenvalue weighted by Crippen LogP contribution is 2.19. The first kappa shape index (κ1) is 17.2. The second-order valence-corrected chi connectivity index (χ2v) is 6.34. The average Bonchev–Trinajstić information content (AvgIpc) is 2.64. The van der Waals surface area contributed by atoms with Crippen LogP contribution in [-0.4, -0.2) is 12.0 Å². The van der Waals surface area contributed by atoms with Crippen molar-refractivity contribution in [1.82, 2.24) is 5.32 Å². The SMILES string of the molecule is CC(C)OCc1ccccc1CNC(=O)c1cccc2ccccc12. The molecule has 3 aromatic carbocycles. The van der Waals surface area contributed by atoms with Gasteiger partial charge in [-0.25, -0.2) is 0 Å². The van der Waals surface area contributed by atoms with Crippen molar-refractivity contribution in [2.24, 2.45) is 0 Å². The third-order valence-electron chi connectivity index (χ3n) is 4.16. The second-order valence-electron chi connectivity index (χ2n) is 6.34. The molecular formula is C22H23NO2. The Morgan fingerprint density at radius 1 is 0.920 bits per heavy atom. The summed E-state index contributed by atoms with van der Waals surface area (Å²) in [6, 6.07) is 21.8. The number of carbonyl (C=O) groups is 1. The summed E-state index contributed by atoms with van der Waals surface area (Å²) >= 11 is 0. The van der Waals surface area contributed by atoms with Crippen molar-refractivity contribution in [3.8, 4) is 0 Å². The van der Waals surface area contributed by atoms with Crippen LogP contribution in [-0.2, 0) is 17.9 Å². The number of rotatable bonds is 6. The van der Waals surface area contributed by atoms with Crippen molar-refractivity contribution >= 4 is 16.7 Å². The summed E-state index contributed by atoms with van der Waals surface area (Å²) in [4.78, 5) is 12.7. The Kier molecular flexibility index (Phi) is 5.46. The second kappa shape index (κ2) is 7.95. The molecule has 0 bridgehead atoms. The molecule has 3 rings (SSSR count). The van der Waals surface area contributed by atoms with E-state index in [-0.39, 0.29) is 12.0 Å². The first-order valence-corrected chi connectivity index (χ1v) is 8.59. The minimum absolute atomic E-state index is 0.0589. The predicted molar refractivity (Wildman–Crippen MR) is 101 cm³/mol. The van der Waals surface area contributed by atoms with Crippen LogP contribution in [0.25, 0.3) is 10.8 Å². The monoisotopic (exact) mass is 333 g/mol. The van der Waals surface area contributed by atoms with Crippen LogP contribution in [0, 0.1) is 0 Å². The molecule has 0 aliphatic rings. The summed E-state index contributed by atoms with van der Waals surface area (Å²) in [5.41, 5.74) is 2.89. The molecule has 0 atom stereocenters. The molecule has 0 aliphatic carbocycles. The third kappa shape index (κ3) is 4.25. The van der Waals surface area contributed by atoms with Gasteiger partial charge in [-0.3, -0.25) is 4.79 Å². The van der Waals surface area contributed by atoms with E-state index in [1.165, 1.54) is 0 Å². The number of ether oxygens (including phenoxy) is 1. The first-order chi connectivity index (χ1) is 12.1. The van der Waals surface area contributed by atoms with Crippen LogP contribution >= 0.6 is 0 Å². The van der Waals surface area contributed by atoms with Crippen molar-refractivity contribution in [3.05, 3.63) is 83.4 Å². The predicted octanol–water partition coefficient (Wildman–Crippen LogP) is 4.69. The van der Waals surface area contributed by atoms with Crippen LogP contribution in [0.3, 0.4) is 0 Å². The lowest BCUT2D eigenvalue weighted by Gasteiger charge is -2.13. The van der Waals surface area contributed by atoms with Gasteiger partial charge in [0, 0.05) is 12.1 Å². The maximum Gasteiger partial charge on any atom is 0.252 e. The lowest BCUT2D eigenvalue weighted by molar-refractivity contribution is 0.0651. The fourth-order valence-electron chi connectivity index (χ4n) is 2.82. The van der Waals surface area contributed by atoms with Crippen LogP contribution in [0.4, 0.5) is 0 Å². The summed E-state index contributed by atoms with van der Waals surface area (Å²) < 4.78 is 5.70. The van der Waals surface area contributed by atoms with E-state index in [9.17, 15) is 4.79 Å².